The molecule has 0 fully saturated rings. The maximum Gasteiger partial charge on any atom is 0.416 e. The van der Waals surface area contributed by atoms with E-state index in [1.807, 2.05) is 0 Å². The average molecular weight is 320 g/mol. The molecule has 0 aliphatic rings. The van der Waals surface area contributed by atoms with Crippen LogP contribution in [0.2, 0.25) is 0 Å². The van der Waals surface area contributed by atoms with Crippen molar-refractivity contribution in [2.45, 2.75) is 18.0 Å². The third-order valence-electron chi connectivity index (χ3n) is 2.57. The van der Waals surface area contributed by atoms with Crippen LogP contribution in [0.3, 0.4) is 0 Å². The summed E-state index contributed by atoms with van der Waals surface area (Å²) in [5, 5.41) is 3.84. The predicted molar refractivity (Wildman–Crippen MR) is 68.0 cm³/mol. The van der Waals surface area contributed by atoms with Crippen molar-refractivity contribution in [1.82, 2.24) is 14.8 Å². The molecule has 6 nitrogen and oxygen atoms in total. The van der Waals surface area contributed by atoms with Crippen LogP contribution in [0.15, 0.2) is 29.2 Å². The molecule has 1 aromatic heterocycles. The number of sulfonamides is 1. The van der Waals surface area contributed by atoms with Crippen LogP contribution >= 0.6 is 0 Å². The lowest BCUT2D eigenvalue weighted by Crippen LogP contribution is -2.17. The van der Waals surface area contributed by atoms with Crippen molar-refractivity contribution >= 4 is 16.0 Å². The Morgan fingerprint density at radius 3 is 2.48 bits per heavy atom. The highest BCUT2D eigenvalue weighted by Crippen LogP contribution is 2.30. The van der Waals surface area contributed by atoms with Crippen LogP contribution in [0.5, 0.6) is 0 Å². The Morgan fingerprint density at radius 2 is 1.95 bits per heavy atom. The smallest absolute Gasteiger partial charge is 0.247 e. The molecule has 10 heteroatoms. The highest BCUT2D eigenvalue weighted by Gasteiger charge is 2.31. The Hall–Kier alpha value is -2.10. The summed E-state index contributed by atoms with van der Waals surface area (Å²) in [6, 6.07) is 3.46. The minimum absolute atomic E-state index is 0.0788. The number of anilines is 1. The van der Waals surface area contributed by atoms with Gasteiger partial charge in [0.05, 0.1) is 10.5 Å². The second-order valence-electron chi connectivity index (χ2n) is 4.24. The summed E-state index contributed by atoms with van der Waals surface area (Å²) in [6.45, 7) is 1.56. The average Bonchev–Trinajstić information content (AvgIpc) is 2.66. The van der Waals surface area contributed by atoms with Crippen molar-refractivity contribution in [3.63, 3.8) is 0 Å². The number of nitrogens with zero attached hydrogens (tertiary/aromatic N) is 3. The Labute approximate surface area is 118 Å². The fraction of sp³-hybridized carbons (Fsp3) is 0.273. The zero-order chi connectivity index (χ0) is 15.8. The monoisotopic (exact) mass is 320 g/mol. The number of aromatic nitrogens is 3. The van der Waals surface area contributed by atoms with E-state index in [-0.39, 0.29) is 5.95 Å². The maximum absolute atomic E-state index is 12.6. The van der Waals surface area contributed by atoms with Crippen LogP contribution in [-0.2, 0) is 23.2 Å². The van der Waals surface area contributed by atoms with Gasteiger partial charge >= 0.3 is 6.18 Å². The van der Waals surface area contributed by atoms with Gasteiger partial charge in [0.15, 0.2) is 0 Å². The first-order valence-corrected chi connectivity index (χ1v) is 7.15. The van der Waals surface area contributed by atoms with E-state index in [1.54, 1.807) is 6.92 Å². The summed E-state index contributed by atoms with van der Waals surface area (Å²) in [5.41, 5.74) is -1.04. The Kier molecular flexibility index (Phi) is 3.66. The van der Waals surface area contributed by atoms with Gasteiger partial charge in [0.1, 0.15) is 5.82 Å². The lowest BCUT2D eigenvalue weighted by atomic mass is 10.2. The number of hydrogen-bond acceptors (Lipinski definition) is 4. The molecule has 0 saturated carbocycles. The number of alkyl halides is 3. The number of hydrogen-bond donors (Lipinski definition) is 1. The van der Waals surface area contributed by atoms with E-state index in [2.05, 4.69) is 14.8 Å². The molecule has 0 aliphatic carbocycles. The maximum atomic E-state index is 12.6. The highest BCUT2D eigenvalue weighted by atomic mass is 32.2. The molecule has 2 aromatic rings. The minimum atomic E-state index is -4.62. The van der Waals surface area contributed by atoms with Gasteiger partial charge in [0, 0.05) is 7.05 Å². The van der Waals surface area contributed by atoms with Crippen LogP contribution in [-0.4, -0.2) is 23.2 Å². The zero-order valence-electron chi connectivity index (χ0n) is 11.0. The fourth-order valence-electron chi connectivity index (χ4n) is 1.62. The van der Waals surface area contributed by atoms with E-state index in [4.69, 9.17) is 0 Å². The first kappa shape index (κ1) is 15.3. The van der Waals surface area contributed by atoms with Gasteiger partial charge in [-0.05, 0) is 25.1 Å². The summed E-state index contributed by atoms with van der Waals surface area (Å²) in [6.07, 6.45) is -4.62. The molecule has 1 N–H and O–H groups in total. The van der Waals surface area contributed by atoms with E-state index in [9.17, 15) is 21.6 Å². The molecule has 0 unspecified atom stereocenters. The second kappa shape index (κ2) is 5.02. The molecule has 0 bridgehead atoms. The van der Waals surface area contributed by atoms with E-state index in [0.29, 0.717) is 11.9 Å². The summed E-state index contributed by atoms with van der Waals surface area (Å²) >= 11 is 0. The van der Waals surface area contributed by atoms with E-state index >= 15 is 0 Å². The van der Waals surface area contributed by atoms with Crippen LogP contribution in [0.4, 0.5) is 19.1 Å². The Morgan fingerprint density at radius 1 is 1.29 bits per heavy atom. The van der Waals surface area contributed by atoms with Crippen LogP contribution in [0.1, 0.15) is 11.4 Å². The van der Waals surface area contributed by atoms with Gasteiger partial charge < -0.3 is 0 Å². The third kappa shape index (κ3) is 3.32. The van der Waals surface area contributed by atoms with Gasteiger partial charge in [0.2, 0.25) is 5.95 Å². The van der Waals surface area contributed by atoms with Gasteiger partial charge in [0.25, 0.3) is 10.0 Å². The summed E-state index contributed by atoms with van der Waals surface area (Å²) < 4.78 is 65.3. The molecule has 21 heavy (non-hydrogen) atoms. The fourth-order valence-corrected chi connectivity index (χ4v) is 2.70. The molecule has 0 radical (unpaired) electrons. The molecule has 1 aromatic carbocycles. The second-order valence-corrected chi connectivity index (χ2v) is 5.92. The molecule has 0 aliphatic heterocycles. The number of halogens is 3. The zero-order valence-corrected chi connectivity index (χ0v) is 11.8. The van der Waals surface area contributed by atoms with E-state index in [0.717, 1.165) is 18.2 Å². The lowest BCUT2D eigenvalue weighted by molar-refractivity contribution is -0.137. The Bertz CT molecular complexity index is 768. The molecule has 0 amide bonds. The molecule has 2 rings (SSSR count). The predicted octanol–water partition coefficient (Wildman–Crippen LogP) is 1.94. The number of rotatable bonds is 3. The molecular weight excluding hydrogens is 309 g/mol. The van der Waals surface area contributed by atoms with Crippen molar-refractivity contribution in [3.05, 3.63) is 35.7 Å². The summed E-state index contributed by atoms with van der Waals surface area (Å²) in [7, 11) is -2.72. The van der Waals surface area contributed by atoms with Gasteiger partial charge in [-0.1, -0.05) is 6.07 Å². The van der Waals surface area contributed by atoms with Crippen molar-refractivity contribution in [2.75, 3.05) is 4.72 Å². The third-order valence-corrected chi connectivity index (χ3v) is 3.89. The SMILES string of the molecule is Cc1nc(NS(=O)(=O)c2cccc(C(F)(F)F)c2)n(C)n1. The van der Waals surface area contributed by atoms with Crippen LogP contribution in [0.25, 0.3) is 0 Å². The first-order valence-electron chi connectivity index (χ1n) is 5.67. The number of aryl methyl sites for hydroxylation is 2. The van der Waals surface area contributed by atoms with Gasteiger partial charge in [-0.15, -0.1) is 0 Å². The molecule has 0 saturated heterocycles. The normalized spacial score (nSPS) is 12.4. The van der Waals surface area contributed by atoms with Gasteiger partial charge in [-0.2, -0.15) is 23.3 Å². The van der Waals surface area contributed by atoms with Gasteiger partial charge in [-0.25, -0.2) is 17.8 Å². The lowest BCUT2D eigenvalue weighted by Gasteiger charge is -2.10. The van der Waals surface area contributed by atoms with E-state index in [1.165, 1.54) is 11.7 Å². The van der Waals surface area contributed by atoms with Crippen molar-refractivity contribution in [2.24, 2.45) is 7.05 Å². The quantitative estimate of drug-likeness (QED) is 0.937. The van der Waals surface area contributed by atoms with Crippen molar-refractivity contribution < 1.29 is 21.6 Å². The highest BCUT2D eigenvalue weighted by molar-refractivity contribution is 7.92. The van der Waals surface area contributed by atoms with Gasteiger partial charge in [-0.3, -0.25) is 0 Å². The van der Waals surface area contributed by atoms with Crippen molar-refractivity contribution in [1.29, 1.82) is 0 Å². The molecule has 1 heterocycles. The standard InChI is InChI=1S/C11H11F3N4O2S/c1-7-15-10(18(2)16-7)17-21(19,20)9-5-3-4-8(6-9)11(12,13)14/h3-6H,1-2H3,(H,15,16,17). The van der Waals surface area contributed by atoms with Crippen LogP contribution in [0, 0.1) is 6.92 Å². The van der Waals surface area contributed by atoms with Crippen molar-refractivity contribution in [3.8, 4) is 0 Å². The van der Waals surface area contributed by atoms with E-state index < -0.39 is 26.7 Å². The topological polar surface area (TPSA) is 76.9 Å². The molecule has 114 valence electrons. The molecule has 0 atom stereocenters. The number of benzene rings is 1. The Balaban J connectivity index is 2.38. The minimum Gasteiger partial charge on any atom is -0.247 e. The number of nitrogens with one attached hydrogen (secondary N) is 1. The largest absolute Gasteiger partial charge is 0.416 e. The molecule has 0 spiro atoms. The summed E-state index contributed by atoms with van der Waals surface area (Å²) in [5.74, 6) is 0.254. The van der Waals surface area contributed by atoms with Crippen LogP contribution < -0.4 is 4.72 Å². The first-order chi connectivity index (χ1) is 9.59. The summed E-state index contributed by atoms with van der Waals surface area (Å²) in [4.78, 5) is 3.33. The molecular formula is C11H11F3N4O2S.